The van der Waals surface area contributed by atoms with E-state index in [0.29, 0.717) is 5.76 Å². The molecule has 1 rings (SSSR count). The van der Waals surface area contributed by atoms with Gasteiger partial charge >= 0.3 is 51.4 Å². The van der Waals surface area contributed by atoms with E-state index in [9.17, 15) is 0 Å². The summed E-state index contributed by atoms with van der Waals surface area (Å²) in [4.78, 5) is 0. The Morgan fingerprint density at radius 2 is 2.12 bits per heavy atom. The maximum atomic E-state index is 8.77. The summed E-state index contributed by atoms with van der Waals surface area (Å²) in [5.74, 6) is 0.589. The summed E-state index contributed by atoms with van der Waals surface area (Å²) in [5, 5.41) is 8.77. The molecule has 0 aromatic carbocycles. The molecule has 0 saturated heterocycles. The second-order valence-corrected chi connectivity index (χ2v) is 1.94. The van der Waals surface area contributed by atoms with Gasteiger partial charge in [0.1, 0.15) is 0 Å². The van der Waals surface area contributed by atoms with Crippen LogP contribution in [0, 0.1) is 0 Å². The van der Waals surface area contributed by atoms with Crippen LogP contribution in [-0.2, 0) is 0 Å². The van der Waals surface area contributed by atoms with Crippen molar-refractivity contribution in [2.75, 3.05) is 0 Å². The summed E-state index contributed by atoms with van der Waals surface area (Å²) < 4.78 is 0. The molecule has 0 amide bonds. The quantitative estimate of drug-likeness (QED) is 0.425. The molecule has 0 saturated carbocycles. The normalized spacial score (nSPS) is 18.8. The monoisotopic (exact) mass is 137 g/mol. The molecule has 0 fully saturated rings. The maximum absolute atomic E-state index is 8.77. The first kappa shape index (κ1) is 9.18. The van der Waals surface area contributed by atoms with Gasteiger partial charge in [0.05, 0.1) is 5.76 Å². The molecule has 1 N–H and O–H groups in total. The van der Waals surface area contributed by atoms with Gasteiger partial charge in [0.15, 0.2) is 0 Å². The standard InChI is InChI=1S/C6H10O.K/c7-6-4-2-1-3-5-6;/h4,7H,1-3,5H2;/q;+1. The molecule has 0 aromatic rings. The van der Waals surface area contributed by atoms with Gasteiger partial charge in [0, 0.05) is 6.42 Å². The largest absolute Gasteiger partial charge is 1.00 e. The fourth-order valence-electron chi connectivity index (χ4n) is 0.821. The number of rotatable bonds is 0. The van der Waals surface area contributed by atoms with Crippen LogP contribution in [0.1, 0.15) is 25.7 Å². The SMILES string of the molecule is OC1=CCCCC1.[K+]. The van der Waals surface area contributed by atoms with E-state index < -0.39 is 0 Å². The summed E-state index contributed by atoms with van der Waals surface area (Å²) in [6, 6.07) is 0. The average Bonchev–Trinajstić information content (AvgIpc) is 1.69. The molecule has 0 heterocycles. The van der Waals surface area contributed by atoms with E-state index in [0.717, 1.165) is 12.8 Å². The summed E-state index contributed by atoms with van der Waals surface area (Å²) in [5.41, 5.74) is 0. The molecule has 1 aliphatic carbocycles. The topological polar surface area (TPSA) is 20.2 Å². The van der Waals surface area contributed by atoms with Crippen LogP contribution >= 0.6 is 0 Å². The van der Waals surface area contributed by atoms with Crippen LogP contribution in [-0.4, -0.2) is 5.11 Å². The molecule has 0 aliphatic heterocycles. The second-order valence-electron chi connectivity index (χ2n) is 1.94. The van der Waals surface area contributed by atoms with Gasteiger partial charge in [-0.3, -0.25) is 0 Å². The molecule has 40 valence electrons. The molecule has 0 bridgehead atoms. The first-order valence-electron chi connectivity index (χ1n) is 2.77. The van der Waals surface area contributed by atoms with Crippen molar-refractivity contribution in [2.45, 2.75) is 25.7 Å². The summed E-state index contributed by atoms with van der Waals surface area (Å²) in [7, 11) is 0. The molecule has 0 spiro atoms. The summed E-state index contributed by atoms with van der Waals surface area (Å²) in [6.07, 6.45) is 6.31. The Morgan fingerprint density at radius 3 is 2.38 bits per heavy atom. The fourth-order valence-corrected chi connectivity index (χ4v) is 0.821. The fraction of sp³-hybridized carbons (Fsp3) is 0.667. The van der Waals surface area contributed by atoms with E-state index >= 15 is 0 Å². The predicted octanol–water partition coefficient (Wildman–Crippen LogP) is -0.994. The Hall–Kier alpha value is 1.18. The second kappa shape index (κ2) is 5.00. The van der Waals surface area contributed by atoms with E-state index in [-0.39, 0.29) is 51.4 Å². The van der Waals surface area contributed by atoms with Gasteiger partial charge in [0.2, 0.25) is 0 Å². The zero-order valence-electron chi connectivity index (χ0n) is 5.35. The molecular formula is C6H10KO+. The van der Waals surface area contributed by atoms with Crippen LogP contribution in [0.3, 0.4) is 0 Å². The number of aliphatic hydroxyl groups excluding tert-OH is 1. The molecule has 2 heteroatoms. The first-order chi connectivity index (χ1) is 3.39. The zero-order valence-corrected chi connectivity index (χ0v) is 8.48. The Balaban J connectivity index is 0.000000490. The minimum Gasteiger partial charge on any atom is -0.513 e. The Kier molecular flexibility index (Phi) is 5.74. The number of hydrogen-bond acceptors (Lipinski definition) is 1. The third kappa shape index (κ3) is 3.25. The van der Waals surface area contributed by atoms with E-state index in [4.69, 9.17) is 5.11 Å². The van der Waals surface area contributed by atoms with Crippen molar-refractivity contribution in [2.24, 2.45) is 0 Å². The van der Waals surface area contributed by atoms with Crippen molar-refractivity contribution in [3.8, 4) is 0 Å². The average molecular weight is 137 g/mol. The van der Waals surface area contributed by atoms with Crippen molar-refractivity contribution >= 4 is 0 Å². The smallest absolute Gasteiger partial charge is 0.513 e. The van der Waals surface area contributed by atoms with Crippen LogP contribution < -0.4 is 51.4 Å². The molecule has 0 aromatic heterocycles. The van der Waals surface area contributed by atoms with E-state index in [1.807, 2.05) is 6.08 Å². The first-order valence-corrected chi connectivity index (χ1v) is 2.77. The molecule has 1 nitrogen and oxygen atoms in total. The van der Waals surface area contributed by atoms with Crippen LogP contribution in [0.25, 0.3) is 0 Å². The van der Waals surface area contributed by atoms with Gasteiger partial charge in [-0.2, -0.15) is 0 Å². The van der Waals surface area contributed by atoms with Crippen LogP contribution in [0.2, 0.25) is 0 Å². The van der Waals surface area contributed by atoms with Gasteiger partial charge < -0.3 is 5.11 Å². The van der Waals surface area contributed by atoms with Crippen molar-refractivity contribution in [1.29, 1.82) is 0 Å². The van der Waals surface area contributed by atoms with E-state index in [1.54, 1.807) is 0 Å². The van der Waals surface area contributed by atoms with E-state index in [2.05, 4.69) is 0 Å². The third-order valence-electron chi connectivity index (χ3n) is 1.27. The summed E-state index contributed by atoms with van der Waals surface area (Å²) >= 11 is 0. The van der Waals surface area contributed by atoms with Gasteiger partial charge in [-0.15, -0.1) is 0 Å². The third-order valence-corrected chi connectivity index (χ3v) is 1.27. The Morgan fingerprint density at radius 1 is 1.38 bits per heavy atom. The van der Waals surface area contributed by atoms with Crippen LogP contribution in [0.5, 0.6) is 0 Å². The number of hydrogen-bond donors (Lipinski definition) is 1. The maximum Gasteiger partial charge on any atom is 1.00 e. The van der Waals surface area contributed by atoms with Gasteiger partial charge in [-0.1, -0.05) is 0 Å². The molecular weight excluding hydrogens is 127 g/mol. The van der Waals surface area contributed by atoms with Crippen LogP contribution in [0.15, 0.2) is 11.8 Å². The van der Waals surface area contributed by atoms with Gasteiger partial charge in [-0.05, 0) is 25.3 Å². The number of allylic oxidation sites excluding steroid dienone is 2. The Labute approximate surface area is 92.6 Å². The minimum absolute atomic E-state index is 0. The minimum atomic E-state index is 0. The van der Waals surface area contributed by atoms with Gasteiger partial charge in [-0.25, -0.2) is 0 Å². The zero-order chi connectivity index (χ0) is 5.11. The molecule has 8 heavy (non-hydrogen) atoms. The van der Waals surface area contributed by atoms with Crippen LogP contribution in [0.4, 0.5) is 0 Å². The summed E-state index contributed by atoms with van der Waals surface area (Å²) in [6.45, 7) is 0. The Bertz CT molecular complexity index is 88.5. The molecule has 0 unspecified atom stereocenters. The van der Waals surface area contributed by atoms with E-state index in [1.165, 1.54) is 12.8 Å². The van der Waals surface area contributed by atoms with Crippen molar-refractivity contribution < 1.29 is 56.5 Å². The number of aliphatic hydroxyl groups is 1. The van der Waals surface area contributed by atoms with Crippen molar-refractivity contribution in [3.05, 3.63) is 11.8 Å². The van der Waals surface area contributed by atoms with Crippen molar-refractivity contribution in [1.82, 2.24) is 0 Å². The molecule has 0 atom stereocenters. The predicted molar refractivity (Wildman–Crippen MR) is 29.2 cm³/mol. The van der Waals surface area contributed by atoms with Gasteiger partial charge in [0.25, 0.3) is 0 Å². The molecule has 1 aliphatic rings. The molecule has 0 radical (unpaired) electrons. The van der Waals surface area contributed by atoms with Crippen molar-refractivity contribution in [3.63, 3.8) is 0 Å².